The molecule has 0 saturated heterocycles. The summed E-state index contributed by atoms with van der Waals surface area (Å²) >= 11 is 0. The zero-order chi connectivity index (χ0) is 11.4. The molecule has 0 fully saturated rings. The van der Waals surface area contributed by atoms with E-state index < -0.39 is 0 Å². The van der Waals surface area contributed by atoms with E-state index in [1.54, 1.807) is 13.3 Å². The van der Waals surface area contributed by atoms with Gasteiger partial charge in [0.25, 0.3) is 0 Å². The molecule has 0 aliphatic heterocycles. The fraction of sp³-hybridized carbons (Fsp3) is 0.250. The average molecular weight is 217 g/mol. The zero-order valence-corrected chi connectivity index (χ0v) is 9.47. The lowest BCUT2D eigenvalue weighted by Gasteiger charge is -2.08. The minimum absolute atomic E-state index is 0.851. The molecule has 1 aromatic carbocycles. The molecule has 0 amide bonds. The molecule has 84 valence electrons. The highest BCUT2D eigenvalue weighted by Gasteiger charge is 2.01. The number of aromatic nitrogens is 2. The van der Waals surface area contributed by atoms with Crippen molar-refractivity contribution in [3.05, 3.63) is 36.7 Å². The Hall–Kier alpha value is -1.97. The molecule has 2 rings (SSSR count). The highest BCUT2D eigenvalue weighted by atomic mass is 16.5. The van der Waals surface area contributed by atoms with Crippen LogP contribution in [-0.4, -0.2) is 16.7 Å². The van der Waals surface area contributed by atoms with Crippen LogP contribution in [0.4, 0.5) is 11.6 Å². The number of methoxy groups -OCH3 is 1. The fourth-order valence-corrected chi connectivity index (χ4v) is 1.49. The Morgan fingerprint density at radius 1 is 1.31 bits per heavy atom. The number of ether oxygens (including phenoxy) is 1. The molecule has 0 atom stereocenters. The van der Waals surface area contributed by atoms with Gasteiger partial charge in [-0.15, -0.1) is 0 Å². The van der Waals surface area contributed by atoms with Crippen LogP contribution in [0.2, 0.25) is 0 Å². The lowest BCUT2D eigenvalue weighted by Crippen LogP contribution is -2.01. The van der Waals surface area contributed by atoms with E-state index in [1.807, 2.05) is 35.0 Å². The summed E-state index contributed by atoms with van der Waals surface area (Å²) in [5, 5.41) is 3.25. The van der Waals surface area contributed by atoms with Gasteiger partial charge in [0.15, 0.2) is 0 Å². The molecule has 0 unspecified atom stereocenters. The molecule has 4 nitrogen and oxygen atoms in total. The van der Waals surface area contributed by atoms with Gasteiger partial charge in [0.05, 0.1) is 7.11 Å². The number of hydrogen-bond donors (Lipinski definition) is 1. The van der Waals surface area contributed by atoms with E-state index in [1.165, 1.54) is 0 Å². The Morgan fingerprint density at radius 2 is 2.06 bits per heavy atom. The maximum atomic E-state index is 5.10. The summed E-state index contributed by atoms with van der Waals surface area (Å²) in [5.74, 6) is 1.71. The number of nitrogens with one attached hydrogen (secondary N) is 1. The van der Waals surface area contributed by atoms with Gasteiger partial charge in [-0.2, -0.15) is 0 Å². The predicted molar refractivity (Wildman–Crippen MR) is 64.2 cm³/mol. The maximum absolute atomic E-state index is 5.10. The highest BCUT2D eigenvalue weighted by molar-refractivity contribution is 5.54. The monoisotopic (exact) mass is 217 g/mol. The minimum atomic E-state index is 0.851. The van der Waals surface area contributed by atoms with Crippen LogP contribution >= 0.6 is 0 Å². The largest absolute Gasteiger partial charge is 0.497 e. The SMILES string of the molecule is CCn1ccnc1Nc1ccc(OC)cc1. The molecule has 4 heteroatoms. The van der Waals surface area contributed by atoms with Crippen molar-refractivity contribution in [2.24, 2.45) is 0 Å². The molecule has 0 aliphatic carbocycles. The second kappa shape index (κ2) is 4.70. The number of benzene rings is 1. The number of rotatable bonds is 4. The number of hydrogen-bond acceptors (Lipinski definition) is 3. The van der Waals surface area contributed by atoms with Gasteiger partial charge in [0.2, 0.25) is 5.95 Å². The molecular formula is C12H15N3O. The molecule has 0 saturated carbocycles. The van der Waals surface area contributed by atoms with Crippen LogP contribution in [0.1, 0.15) is 6.92 Å². The summed E-state index contributed by atoms with van der Waals surface area (Å²) in [7, 11) is 1.66. The first-order valence-electron chi connectivity index (χ1n) is 5.25. The van der Waals surface area contributed by atoms with Crippen molar-refractivity contribution in [2.45, 2.75) is 13.5 Å². The molecule has 0 bridgehead atoms. The van der Waals surface area contributed by atoms with Crippen molar-refractivity contribution < 1.29 is 4.74 Å². The third-order valence-corrected chi connectivity index (χ3v) is 2.40. The number of nitrogens with zero attached hydrogens (tertiary/aromatic N) is 2. The van der Waals surface area contributed by atoms with Gasteiger partial charge in [-0.1, -0.05) is 0 Å². The van der Waals surface area contributed by atoms with E-state index in [-0.39, 0.29) is 0 Å². The van der Waals surface area contributed by atoms with Crippen molar-refractivity contribution in [2.75, 3.05) is 12.4 Å². The van der Waals surface area contributed by atoms with E-state index in [4.69, 9.17) is 4.74 Å². The van der Waals surface area contributed by atoms with Crippen LogP contribution < -0.4 is 10.1 Å². The molecule has 2 aromatic rings. The van der Waals surface area contributed by atoms with Crippen molar-refractivity contribution in [3.8, 4) is 5.75 Å². The van der Waals surface area contributed by atoms with Gasteiger partial charge in [0.1, 0.15) is 5.75 Å². The summed E-state index contributed by atoms with van der Waals surface area (Å²) in [4.78, 5) is 4.25. The van der Waals surface area contributed by atoms with Gasteiger partial charge in [-0.05, 0) is 31.2 Å². The second-order valence-electron chi connectivity index (χ2n) is 3.39. The minimum Gasteiger partial charge on any atom is -0.497 e. The van der Waals surface area contributed by atoms with Crippen molar-refractivity contribution >= 4 is 11.6 Å². The first-order valence-corrected chi connectivity index (χ1v) is 5.25. The molecule has 1 aromatic heterocycles. The first kappa shape index (κ1) is 10.5. The van der Waals surface area contributed by atoms with Crippen molar-refractivity contribution in [3.63, 3.8) is 0 Å². The standard InChI is InChI=1S/C12H15N3O/c1-3-15-9-8-13-12(15)14-10-4-6-11(16-2)7-5-10/h4-9H,3H2,1-2H3,(H,13,14). The summed E-state index contributed by atoms with van der Waals surface area (Å²) < 4.78 is 7.15. The molecule has 0 radical (unpaired) electrons. The van der Waals surface area contributed by atoms with Gasteiger partial charge in [0, 0.05) is 24.6 Å². The Bertz CT molecular complexity index is 448. The summed E-state index contributed by atoms with van der Waals surface area (Å²) in [6, 6.07) is 7.77. The molecule has 0 spiro atoms. The summed E-state index contributed by atoms with van der Waals surface area (Å²) in [6.07, 6.45) is 3.74. The average Bonchev–Trinajstić information content (AvgIpc) is 2.77. The number of anilines is 2. The van der Waals surface area contributed by atoms with Crippen LogP contribution in [-0.2, 0) is 6.54 Å². The molecule has 0 aliphatic rings. The van der Waals surface area contributed by atoms with E-state index in [0.717, 1.165) is 23.9 Å². The molecule has 1 N–H and O–H groups in total. The van der Waals surface area contributed by atoms with E-state index in [2.05, 4.69) is 17.2 Å². The maximum Gasteiger partial charge on any atom is 0.207 e. The lowest BCUT2D eigenvalue weighted by atomic mass is 10.3. The van der Waals surface area contributed by atoms with Gasteiger partial charge in [-0.25, -0.2) is 4.98 Å². The van der Waals surface area contributed by atoms with Crippen molar-refractivity contribution in [1.82, 2.24) is 9.55 Å². The zero-order valence-electron chi connectivity index (χ0n) is 9.47. The lowest BCUT2D eigenvalue weighted by molar-refractivity contribution is 0.415. The van der Waals surface area contributed by atoms with Crippen LogP contribution in [0.3, 0.4) is 0 Å². The van der Waals surface area contributed by atoms with Crippen molar-refractivity contribution in [1.29, 1.82) is 0 Å². The predicted octanol–water partition coefficient (Wildman–Crippen LogP) is 2.66. The number of aryl methyl sites for hydroxylation is 1. The molecular weight excluding hydrogens is 202 g/mol. The smallest absolute Gasteiger partial charge is 0.207 e. The Balaban J connectivity index is 2.14. The van der Waals surface area contributed by atoms with Crippen LogP contribution in [0.25, 0.3) is 0 Å². The van der Waals surface area contributed by atoms with Crippen LogP contribution in [0.5, 0.6) is 5.75 Å². The molecule has 16 heavy (non-hydrogen) atoms. The Labute approximate surface area is 94.9 Å². The van der Waals surface area contributed by atoms with Gasteiger partial charge in [-0.3, -0.25) is 0 Å². The normalized spacial score (nSPS) is 10.1. The summed E-state index contributed by atoms with van der Waals surface area (Å²) in [5.41, 5.74) is 1.00. The van der Waals surface area contributed by atoms with E-state index in [9.17, 15) is 0 Å². The fourth-order valence-electron chi connectivity index (χ4n) is 1.49. The quantitative estimate of drug-likeness (QED) is 0.855. The Morgan fingerprint density at radius 3 is 2.69 bits per heavy atom. The van der Waals surface area contributed by atoms with E-state index >= 15 is 0 Å². The number of imidazole rings is 1. The van der Waals surface area contributed by atoms with Gasteiger partial charge >= 0.3 is 0 Å². The highest BCUT2D eigenvalue weighted by Crippen LogP contribution is 2.18. The topological polar surface area (TPSA) is 39.1 Å². The second-order valence-corrected chi connectivity index (χ2v) is 3.39. The third kappa shape index (κ3) is 2.16. The Kier molecular flexibility index (Phi) is 3.10. The third-order valence-electron chi connectivity index (χ3n) is 2.40. The van der Waals surface area contributed by atoms with Gasteiger partial charge < -0.3 is 14.6 Å². The van der Waals surface area contributed by atoms with Crippen LogP contribution in [0.15, 0.2) is 36.7 Å². The van der Waals surface area contributed by atoms with Crippen LogP contribution in [0, 0.1) is 0 Å². The first-order chi connectivity index (χ1) is 7.83. The summed E-state index contributed by atoms with van der Waals surface area (Å²) in [6.45, 7) is 2.99. The van der Waals surface area contributed by atoms with E-state index in [0.29, 0.717) is 0 Å². The molecule has 1 heterocycles.